The number of esters is 2. The Balaban J connectivity index is 0.00000702. The van der Waals surface area contributed by atoms with E-state index in [2.05, 4.69) is 22.2 Å². The molecule has 0 fully saturated rings. The summed E-state index contributed by atoms with van der Waals surface area (Å²) >= 11 is 1.09. The molecule has 0 bridgehead atoms. The van der Waals surface area contributed by atoms with E-state index in [0.717, 1.165) is 11.8 Å². The van der Waals surface area contributed by atoms with Gasteiger partial charge in [0.2, 0.25) is 0 Å². The van der Waals surface area contributed by atoms with Crippen molar-refractivity contribution < 1.29 is 57.7 Å². The van der Waals surface area contributed by atoms with Crippen LogP contribution >= 0.6 is 11.8 Å². The number of allylic oxidation sites excluding steroid dienone is 1. The summed E-state index contributed by atoms with van der Waals surface area (Å²) in [6.45, 7) is 12.2. The number of anilines is 1. The minimum absolute atomic E-state index is 0. The van der Waals surface area contributed by atoms with Gasteiger partial charge in [0.15, 0.2) is 5.91 Å². The summed E-state index contributed by atoms with van der Waals surface area (Å²) in [6, 6.07) is 17.9. The van der Waals surface area contributed by atoms with Gasteiger partial charge in [0.1, 0.15) is 16.8 Å². The molecule has 4 rings (SSSR count). The molecule has 0 radical (unpaired) electrons. The van der Waals surface area contributed by atoms with Gasteiger partial charge in [-0.1, -0.05) is 67.2 Å². The van der Waals surface area contributed by atoms with Crippen LogP contribution < -0.4 is 15.6 Å². The molecule has 1 aliphatic heterocycles. The summed E-state index contributed by atoms with van der Waals surface area (Å²) < 4.78 is 15.8. The number of hydrogen-bond donors (Lipinski definition) is 2. The smallest absolute Gasteiger partial charge is 0.342 e. The van der Waals surface area contributed by atoms with Crippen molar-refractivity contribution in [3.8, 4) is 11.1 Å². The molecule has 1 aromatic heterocycles. The van der Waals surface area contributed by atoms with Crippen LogP contribution in [0.25, 0.3) is 22.8 Å². The van der Waals surface area contributed by atoms with Crippen molar-refractivity contribution in [2.24, 2.45) is 4.99 Å². The fourth-order valence-corrected chi connectivity index (χ4v) is 5.83. The van der Waals surface area contributed by atoms with E-state index >= 15 is 0 Å². The van der Waals surface area contributed by atoms with E-state index in [0.29, 0.717) is 28.7 Å². The molecule has 12 nitrogen and oxygen atoms in total. The molecule has 262 valence electrons. The first-order valence-corrected chi connectivity index (χ1v) is 16.7. The maximum absolute atomic E-state index is 13.6. The van der Waals surface area contributed by atoms with Crippen molar-refractivity contribution >= 4 is 65.3 Å². The maximum atomic E-state index is 13.6. The summed E-state index contributed by atoms with van der Waals surface area (Å²) in [5.41, 5.74) is 1.90. The van der Waals surface area contributed by atoms with Crippen LogP contribution in [0, 0.1) is 0 Å². The standard InChI is InChI=1S/C37H38N4O8S.Zn/c1-7-47-36(45)30-28(24-15-11-9-12-16-24)26(38-32(30)40-34(43)21(3)4)19-27-29(25-17-13-10-14-18-25)31(37(46)48-8-2)33(39-27)41-35(44)22(5)50-23(6)49-20-42;/h9-20,22-23H,3,7-8H2,1-2,4-6H3,(H3,38,39,40,41,43,44,45,46);/p-1. The first-order chi connectivity index (χ1) is 24.0. The number of nitrogens with one attached hydrogen (secondary N) is 2. The van der Waals surface area contributed by atoms with Crippen LogP contribution in [-0.2, 0) is 52.9 Å². The number of carbonyl (C=O) groups is 5. The third-order valence-corrected chi connectivity index (χ3v) is 8.30. The minimum Gasteiger partial charge on any atom is -0.462 e. The zero-order valence-corrected chi connectivity index (χ0v) is 32.8. The van der Waals surface area contributed by atoms with E-state index in [9.17, 15) is 24.0 Å². The molecule has 0 spiro atoms. The van der Waals surface area contributed by atoms with Crippen LogP contribution in [0.1, 0.15) is 56.2 Å². The molecule has 0 saturated carbocycles. The van der Waals surface area contributed by atoms with Gasteiger partial charge >= 0.3 is 11.9 Å². The number of amidine groups is 1. The Labute approximate surface area is 312 Å². The normalized spacial score (nSPS) is 14.1. The zero-order valence-electron chi connectivity index (χ0n) is 29.0. The van der Waals surface area contributed by atoms with Crippen LogP contribution in [0.2, 0.25) is 0 Å². The molecule has 2 aromatic carbocycles. The van der Waals surface area contributed by atoms with Crippen molar-refractivity contribution in [2.75, 3.05) is 18.5 Å². The summed E-state index contributed by atoms with van der Waals surface area (Å²) in [4.78, 5) is 73.5. The second-order valence-corrected chi connectivity index (χ2v) is 12.5. The third-order valence-electron chi connectivity index (χ3n) is 7.18. The van der Waals surface area contributed by atoms with Gasteiger partial charge in [0, 0.05) is 30.6 Å². The van der Waals surface area contributed by atoms with Crippen LogP contribution in [0.5, 0.6) is 0 Å². The molecule has 51 heavy (non-hydrogen) atoms. The fourth-order valence-electron chi connectivity index (χ4n) is 4.97. The van der Waals surface area contributed by atoms with E-state index in [-0.39, 0.29) is 72.4 Å². The fraction of sp³-hybridized carbons (Fsp3) is 0.243. The Morgan fingerprint density at radius 1 is 0.922 bits per heavy atom. The van der Waals surface area contributed by atoms with Crippen LogP contribution in [0.4, 0.5) is 5.82 Å². The predicted octanol–water partition coefficient (Wildman–Crippen LogP) is 5.53. The van der Waals surface area contributed by atoms with Crippen LogP contribution in [0.3, 0.4) is 0 Å². The van der Waals surface area contributed by atoms with E-state index in [1.807, 2.05) is 12.1 Å². The number of benzene rings is 2. The molecule has 0 aliphatic carbocycles. The largest absolute Gasteiger partial charge is 0.462 e. The molecule has 2 N–H and O–H groups in total. The molecular formula is C37H37N4O8SZn-. The number of carbonyl (C=O) groups excluding carboxylic acids is 5. The summed E-state index contributed by atoms with van der Waals surface area (Å²) in [7, 11) is 0. The van der Waals surface area contributed by atoms with Gasteiger partial charge in [-0.3, -0.25) is 14.4 Å². The van der Waals surface area contributed by atoms with E-state index in [1.165, 1.54) is 6.92 Å². The van der Waals surface area contributed by atoms with Crippen molar-refractivity contribution in [1.29, 1.82) is 0 Å². The molecule has 14 heteroatoms. The average molecular weight is 763 g/mol. The number of aromatic nitrogens is 1. The Kier molecular flexibility index (Phi) is 14.9. The molecule has 2 heterocycles. The Bertz CT molecular complexity index is 1890. The Morgan fingerprint density at radius 3 is 2.08 bits per heavy atom. The van der Waals surface area contributed by atoms with Crippen LogP contribution in [-0.4, -0.2) is 60.0 Å². The number of hydrogen-bond acceptors (Lipinski definition) is 10. The number of amides is 2. The molecule has 1 aliphatic rings. The summed E-state index contributed by atoms with van der Waals surface area (Å²) in [5, 5.41) is 4.71. The topological polar surface area (TPSA) is 164 Å². The Morgan fingerprint density at radius 2 is 1.51 bits per heavy atom. The Hall–Kier alpha value is -5.07. The van der Waals surface area contributed by atoms with Crippen LogP contribution in [0.15, 0.2) is 89.1 Å². The van der Waals surface area contributed by atoms with Gasteiger partial charge in [-0.25, -0.2) is 14.6 Å². The van der Waals surface area contributed by atoms with Crippen molar-refractivity contribution in [1.82, 2.24) is 10.3 Å². The zero-order chi connectivity index (χ0) is 36.4. The SMILES string of the molecule is C=C(C)C(=O)NC1=N/C(=C\c2[n-]c(NC(=O)C(C)SC(C)OC=O)c(C(=O)OCC)c2-c2ccccc2)C(c2ccccc2)=C1C(=O)OCC.[Zn]. The average Bonchev–Trinajstić information content (AvgIpc) is 3.63. The van der Waals surface area contributed by atoms with E-state index in [4.69, 9.17) is 19.2 Å². The molecule has 2 unspecified atom stereocenters. The van der Waals surface area contributed by atoms with Crippen molar-refractivity contribution in [3.05, 3.63) is 101 Å². The quantitative estimate of drug-likeness (QED) is 0.0534. The minimum atomic E-state index is -0.730. The maximum Gasteiger partial charge on any atom is 0.342 e. The second kappa shape index (κ2) is 18.8. The molecule has 2 amide bonds. The summed E-state index contributed by atoms with van der Waals surface area (Å²) in [6.07, 6.45) is 1.57. The van der Waals surface area contributed by atoms with Gasteiger partial charge in [-0.05, 0) is 68.9 Å². The van der Waals surface area contributed by atoms with E-state index < -0.39 is 34.4 Å². The monoisotopic (exact) mass is 761 g/mol. The van der Waals surface area contributed by atoms with Gasteiger partial charge in [0.05, 0.1) is 29.7 Å². The first-order valence-electron chi connectivity index (χ1n) is 15.7. The van der Waals surface area contributed by atoms with Gasteiger partial charge in [-0.2, -0.15) is 0 Å². The number of aliphatic imine (C=N–C) groups is 1. The number of ether oxygens (including phenoxy) is 3. The van der Waals surface area contributed by atoms with Gasteiger partial charge < -0.3 is 29.8 Å². The number of rotatable bonds is 14. The van der Waals surface area contributed by atoms with E-state index in [1.54, 1.807) is 82.3 Å². The third kappa shape index (κ3) is 9.80. The molecular weight excluding hydrogens is 726 g/mol. The van der Waals surface area contributed by atoms with Crippen molar-refractivity contribution in [2.45, 2.75) is 45.3 Å². The predicted molar refractivity (Wildman–Crippen MR) is 192 cm³/mol. The van der Waals surface area contributed by atoms with Gasteiger partial charge in [-0.15, -0.1) is 11.8 Å². The second-order valence-electron chi connectivity index (χ2n) is 10.8. The molecule has 0 saturated heterocycles. The van der Waals surface area contributed by atoms with Crippen molar-refractivity contribution in [3.63, 3.8) is 0 Å². The molecule has 2 atom stereocenters. The first kappa shape index (κ1) is 40.4. The molecule has 3 aromatic rings. The number of thioether (sulfide) groups is 1. The van der Waals surface area contributed by atoms with Gasteiger partial charge in [0.25, 0.3) is 12.4 Å². The number of nitrogens with zero attached hydrogens (tertiary/aromatic N) is 2. The summed E-state index contributed by atoms with van der Waals surface area (Å²) in [5.74, 6) is -2.61.